The van der Waals surface area contributed by atoms with Gasteiger partial charge in [0.1, 0.15) is 17.4 Å². The molecule has 0 bridgehead atoms. The second-order valence-corrected chi connectivity index (χ2v) is 3.70. The van der Waals surface area contributed by atoms with Crippen molar-refractivity contribution in [2.45, 2.75) is 39.5 Å². The maximum atomic E-state index is 11.3. The van der Waals surface area contributed by atoms with Crippen LogP contribution in [-0.2, 0) is 9.53 Å². The molecule has 0 aromatic rings. The second kappa shape index (κ2) is 3.81. The number of unbranched alkanes of at least 4 members (excludes halogenated alkanes) is 2. The van der Waals surface area contributed by atoms with E-state index in [1.54, 1.807) is 6.92 Å². The van der Waals surface area contributed by atoms with E-state index in [4.69, 9.17) is 0 Å². The average Bonchev–Trinajstić information content (AvgIpc) is 2.35. The van der Waals surface area contributed by atoms with E-state index in [-0.39, 0.29) is 11.7 Å². The van der Waals surface area contributed by atoms with Crippen LogP contribution in [0.3, 0.4) is 0 Å². The van der Waals surface area contributed by atoms with E-state index in [9.17, 15) is 9.90 Å². The smallest absolute Gasteiger partial charge is 0.324 e. The number of carbonyl (C=O) groups excluding carboxylic acids is 1. The summed E-state index contributed by atoms with van der Waals surface area (Å²) < 4.78 is 4.66. The van der Waals surface area contributed by atoms with E-state index in [0.29, 0.717) is 6.42 Å². The lowest BCUT2D eigenvalue weighted by molar-refractivity contribution is -0.144. The van der Waals surface area contributed by atoms with Crippen molar-refractivity contribution in [1.82, 2.24) is 0 Å². The molecule has 3 nitrogen and oxygen atoms in total. The number of esters is 1. The summed E-state index contributed by atoms with van der Waals surface area (Å²) in [6, 6.07) is 0. The maximum absolute atomic E-state index is 11.3. The number of ether oxygens (including phenoxy) is 1. The van der Waals surface area contributed by atoms with Gasteiger partial charge in [0.05, 0.1) is 0 Å². The number of carbonyl (C=O) groups is 1. The van der Waals surface area contributed by atoms with Crippen LogP contribution < -0.4 is 0 Å². The molecule has 1 aliphatic rings. The van der Waals surface area contributed by atoms with Gasteiger partial charge in [0.2, 0.25) is 0 Å². The molecule has 3 heteroatoms. The van der Waals surface area contributed by atoms with Crippen molar-refractivity contribution in [1.29, 1.82) is 0 Å². The van der Waals surface area contributed by atoms with E-state index < -0.39 is 5.41 Å². The molecule has 0 spiro atoms. The Labute approximate surface area is 78.4 Å². The highest BCUT2D eigenvalue weighted by Crippen LogP contribution is 2.37. The van der Waals surface area contributed by atoms with Crippen molar-refractivity contribution in [3.63, 3.8) is 0 Å². The van der Waals surface area contributed by atoms with E-state index in [0.717, 1.165) is 25.5 Å². The van der Waals surface area contributed by atoms with Gasteiger partial charge in [0.15, 0.2) is 0 Å². The van der Waals surface area contributed by atoms with Gasteiger partial charge in [-0.1, -0.05) is 26.2 Å². The van der Waals surface area contributed by atoms with Gasteiger partial charge in [-0.25, -0.2) is 0 Å². The molecular formula is C10H16O3. The Kier molecular flexibility index (Phi) is 2.96. The van der Waals surface area contributed by atoms with Crippen LogP contribution in [0.5, 0.6) is 0 Å². The number of aliphatic hydroxyl groups is 1. The highest BCUT2D eigenvalue weighted by atomic mass is 16.5. The lowest BCUT2D eigenvalue weighted by atomic mass is 9.84. The van der Waals surface area contributed by atoms with Crippen molar-refractivity contribution < 1.29 is 14.6 Å². The normalized spacial score (nSPS) is 27.2. The number of aliphatic hydroxyl groups excluding tert-OH is 1. The third-order valence-corrected chi connectivity index (χ3v) is 2.57. The zero-order valence-corrected chi connectivity index (χ0v) is 8.17. The Morgan fingerprint density at radius 1 is 1.54 bits per heavy atom. The molecule has 13 heavy (non-hydrogen) atoms. The SMILES string of the molecule is CCCCCC1(C)C(=O)OC=C1O. The van der Waals surface area contributed by atoms with Crippen LogP contribution in [0.4, 0.5) is 0 Å². The Balaban J connectivity index is 2.53. The van der Waals surface area contributed by atoms with Gasteiger partial charge >= 0.3 is 5.97 Å². The summed E-state index contributed by atoms with van der Waals surface area (Å²) in [6.45, 7) is 3.83. The van der Waals surface area contributed by atoms with Crippen LogP contribution in [0.1, 0.15) is 39.5 Å². The molecule has 1 atom stereocenters. The summed E-state index contributed by atoms with van der Waals surface area (Å²) in [5.41, 5.74) is -0.783. The molecule has 0 aromatic heterocycles. The number of hydrogen-bond donors (Lipinski definition) is 1. The largest absolute Gasteiger partial charge is 0.508 e. The fourth-order valence-corrected chi connectivity index (χ4v) is 1.43. The van der Waals surface area contributed by atoms with Gasteiger partial charge < -0.3 is 9.84 Å². The zero-order valence-electron chi connectivity index (χ0n) is 8.17. The van der Waals surface area contributed by atoms with Crippen LogP contribution in [0.15, 0.2) is 12.0 Å². The lowest BCUT2D eigenvalue weighted by Gasteiger charge is -2.19. The molecule has 1 unspecified atom stereocenters. The quantitative estimate of drug-likeness (QED) is 0.539. The first kappa shape index (κ1) is 10.1. The molecule has 1 aliphatic heterocycles. The first-order chi connectivity index (χ1) is 6.11. The molecule has 1 heterocycles. The molecule has 1 rings (SSSR count). The first-order valence-corrected chi connectivity index (χ1v) is 4.72. The molecule has 0 aliphatic carbocycles. The monoisotopic (exact) mass is 184 g/mol. The maximum Gasteiger partial charge on any atom is 0.324 e. The van der Waals surface area contributed by atoms with E-state index in [1.807, 2.05) is 0 Å². The van der Waals surface area contributed by atoms with Crippen LogP contribution in [0, 0.1) is 5.41 Å². The summed E-state index contributed by atoms with van der Waals surface area (Å²) in [4.78, 5) is 11.3. The Morgan fingerprint density at radius 3 is 2.69 bits per heavy atom. The van der Waals surface area contributed by atoms with E-state index in [1.165, 1.54) is 0 Å². The Morgan fingerprint density at radius 2 is 2.23 bits per heavy atom. The highest BCUT2D eigenvalue weighted by molar-refractivity contribution is 5.82. The summed E-state index contributed by atoms with van der Waals surface area (Å²) in [6.07, 6.45) is 4.95. The van der Waals surface area contributed by atoms with Crippen LogP contribution in [0.25, 0.3) is 0 Å². The minimum atomic E-state index is -0.783. The van der Waals surface area contributed by atoms with E-state index in [2.05, 4.69) is 11.7 Å². The molecule has 0 saturated heterocycles. The predicted octanol–water partition coefficient (Wildman–Crippen LogP) is 2.53. The topological polar surface area (TPSA) is 46.5 Å². The second-order valence-electron chi connectivity index (χ2n) is 3.70. The van der Waals surface area contributed by atoms with Crippen molar-refractivity contribution in [2.75, 3.05) is 0 Å². The summed E-state index contributed by atoms with van der Waals surface area (Å²) in [5.74, 6) is -0.269. The highest BCUT2D eigenvalue weighted by Gasteiger charge is 2.43. The molecule has 74 valence electrons. The van der Waals surface area contributed by atoms with Gasteiger partial charge in [-0.2, -0.15) is 0 Å². The third-order valence-electron chi connectivity index (χ3n) is 2.57. The number of rotatable bonds is 4. The fourth-order valence-electron chi connectivity index (χ4n) is 1.43. The molecule has 0 fully saturated rings. The lowest BCUT2D eigenvalue weighted by Crippen LogP contribution is -2.26. The van der Waals surface area contributed by atoms with Gasteiger partial charge in [0.25, 0.3) is 0 Å². The van der Waals surface area contributed by atoms with Gasteiger partial charge in [-0.05, 0) is 13.3 Å². The molecule has 0 amide bonds. The molecular weight excluding hydrogens is 168 g/mol. The summed E-state index contributed by atoms with van der Waals surface area (Å²) in [7, 11) is 0. The van der Waals surface area contributed by atoms with Gasteiger partial charge in [-0.15, -0.1) is 0 Å². The molecule has 0 radical (unpaired) electrons. The van der Waals surface area contributed by atoms with Crippen molar-refractivity contribution in [3.8, 4) is 0 Å². The zero-order chi connectivity index (χ0) is 9.90. The molecule has 0 saturated carbocycles. The summed E-state index contributed by atoms with van der Waals surface area (Å²) >= 11 is 0. The Bertz CT molecular complexity index is 232. The molecule has 1 N–H and O–H groups in total. The van der Waals surface area contributed by atoms with Gasteiger partial charge in [0, 0.05) is 0 Å². The Hall–Kier alpha value is -0.990. The number of cyclic esters (lactones) is 1. The first-order valence-electron chi connectivity index (χ1n) is 4.72. The predicted molar refractivity (Wildman–Crippen MR) is 49.1 cm³/mol. The van der Waals surface area contributed by atoms with Crippen LogP contribution >= 0.6 is 0 Å². The summed E-state index contributed by atoms with van der Waals surface area (Å²) in [5, 5.41) is 9.43. The minimum Gasteiger partial charge on any atom is -0.508 e. The minimum absolute atomic E-state index is 0.0635. The van der Waals surface area contributed by atoms with Crippen molar-refractivity contribution in [3.05, 3.63) is 12.0 Å². The van der Waals surface area contributed by atoms with Crippen LogP contribution in [0.2, 0.25) is 0 Å². The molecule has 0 aromatic carbocycles. The van der Waals surface area contributed by atoms with E-state index >= 15 is 0 Å². The van der Waals surface area contributed by atoms with Crippen molar-refractivity contribution in [2.24, 2.45) is 5.41 Å². The third kappa shape index (κ3) is 1.85. The standard InChI is InChI=1S/C10H16O3/c1-3-4-5-6-10(2)8(11)7-13-9(10)12/h7,11H,3-6H2,1-2H3. The van der Waals surface area contributed by atoms with Crippen LogP contribution in [-0.4, -0.2) is 11.1 Å². The number of hydrogen-bond acceptors (Lipinski definition) is 3. The van der Waals surface area contributed by atoms with Gasteiger partial charge in [-0.3, -0.25) is 4.79 Å². The average molecular weight is 184 g/mol. The van der Waals surface area contributed by atoms with Crippen molar-refractivity contribution >= 4 is 5.97 Å². The fraction of sp³-hybridized carbons (Fsp3) is 0.700.